The Balaban J connectivity index is 2.40. The van der Waals surface area contributed by atoms with Gasteiger partial charge in [0.15, 0.2) is 0 Å². The van der Waals surface area contributed by atoms with E-state index in [0.717, 1.165) is 5.56 Å². The molecule has 2 aromatic carbocycles. The van der Waals surface area contributed by atoms with Crippen LogP contribution >= 0.6 is 0 Å². The Morgan fingerprint density at radius 3 is 2.35 bits per heavy atom. The van der Waals surface area contributed by atoms with Crippen molar-refractivity contribution in [3.05, 3.63) is 47.5 Å². The second-order valence-corrected chi connectivity index (χ2v) is 7.33. The summed E-state index contributed by atoms with van der Waals surface area (Å²) >= 11 is 0. The zero-order chi connectivity index (χ0) is 19.5. The minimum absolute atomic E-state index is 0.363. The summed E-state index contributed by atoms with van der Waals surface area (Å²) < 4.78 is 11.2. The number of nitrogens with two attached hydrogens (primary N) is 1. The van der Waals surface area contributed by atoms with Gasteiger partial charge in [-0.2, -0.15) is 0 Å². The van der Waals surface area contributed by atoms with Gasteiger partial charge in [-0.05, 0) is 48.2 Å². The summed E-state index contributed by atoms with van der Waals surface area (Å²) in [6.45, 7) is 7.81. The molecule has 1 atom stereocenters. The van der Waals surface area contributed by atoms with Crippen LogP contribution in [0, 0.1) is 12.3 Å². The summed E-state index contributed by atoms with van der Waals surface area (Å²) in [6.07, 6.45) is -1.10. The number of ether oxygens (including phenoxy) is 2. The molecule has 2 aromatic rings. The van der Waals surface area contributed by atoms with Gasteiger partial charge in [-0.15, -0.1) is 0 Å². The SMILES string of the molecule is COc1cc(C)cc(Oc2ccc(N)c(C(NC(=O)O)C(C)(C)C)c2)c1. The molecule has 6 nitrogen and oxygen atoms in total. The van der Waals surface area contributed by atoms with Crippen LogP contribution in [0.1, 0.15) is 37.9 Å². The molecule has 0 saturated carbocycles. The zero-order valence-electron chi connectivity index (χ0n) is 15.8. The maximum absolute atomic E-state index is 11.2. The van der Waals surface area contributed by atoms with Gasteiger partial charge < -0.3 is 25.6 Å². The van der Waals surface area contributed by atoms with Crippen LogP contribution in [-0.4, -0.2) is 18.3 Å². The van der Waals surface area contributed by atoms with Gasteiger partial charge in [0, 0.05) is 17.3 Å². The summed E-state index contributed by atoms with van der Waals surface area (Å²) in [5.41, 5.74) is 7.95. The average Bonchev–Trinajstić information content (AvgIpc) is 2.53. The number of hydrogen-bond acceptors (Lipinski definition) is 4. The fraction of sp³-hybridized carbons (Fsp3) is 0.350. The summed E-state index contributed by atoms with van der Waals surface area (Å²) in [5, 5.41) is 11.8. The molecule has 0 aliphatic rings. The minimum Gasteiger partial charge on any atom is -0.497 e. The average molecular weight is 358 g/mol. The largest absolute Gasteiger partial charge is 0.497 e. The van der Waals surface area contributed by atoms with Gasteiger partial charge in [0.1, 0.15) is 17.2 Å². The van der Waals surface area contributed by atoms with E-state index in [9.17, 15) is 9.90 Å². The van der Waals surface area contributed by atoms with E-state index in [-0.39, 0.29) is 5.41 Å². The number of nitrogens with one attached hydrogen (secondary N) is 1. The van der Waals surface area contributed by atoms with E-state index in [4.69, 9.17) is 15.2 Å². The Morgan fingerprint density at radius 1 is 1.12 bits per heavy atom. The predicted molar refractivity (Wildman–Crippen MR) is 102 cm³/mol. The van der Waals surface area contributed by atoms with Crippen LogP contribution in [0.2, 0.25) is 0 Å². The second-order valence-electron chi connectivity index (χ2n) is 7.33. The fourth-order valence-electron chi connectivity index (χ4n) is 2.78. The number of carboxylic acid groups (broad SMARTS) is 1. The normalized spacial score (nSPS) is 12.3. The van der Waals surface area contributed by atoms with Gasteiger partial charge in [0.25, 0.3) is 0 Å². The van der Waals surface area contributed by atoms with Gasteiger partial charge in [0.2, 0.25) is 0 Å². The van der Waals surface area contributed by atoms with Crippen molar-refractivity contribution in [3.8, 4) is 17.2 Å². The number of benzene rings is 2. The highest BCUT2D eigenvalue weighted by Gasteiger charge is 2.29. The third-order valence-electron chi connectivity index (χ3n) is 4.00. The summed E-state index contributed by atoms with van der Waals surface area (Å²) in [7, 11) is 1.60. The molecule has 0 heterocycles. The molecule has 0 spiro atoms. The van der Waals surface area contributed by atoms with E-state index in [2.05, 4.69) is 5.32 Å². The minimum atomic E-state index is -1.10. The number of anilines is 1. The summed E-state index contributed by atoms with van der Waals surface area (Å²) in [4.78, 5) is 11.2. The van der Waals surface area contributed by atoms with Gasteiger partial charge in [0.05, 0.1) is 13.2 Å². The fourth-order valence-corrected chi connectivity index (χ4v) is 2.78. The van der Waals surface area contributed by atoms with Crippen molar-refractivity contribution < 1.29 is 19.4 Å². The summed E-state index contributed by atoms with van der Waals surface area (Å²) in [5.74, 6) is 1.91. The van der Waals surface area contributed by atoms with Crippen molar-refractivity contribution in [2.45, 2.75) is 33.7 Å². The lowest BCUT2D eigenvalue weighted by molar-refractivity contribution is 0.175. The Morgan fingerprint density at radius 2 is 1.77 bits per heavy atom. The van der Waals surface area contributed by atoms with Crippen molar-refractivity contribution in [2.75, 3.05) is 12.8 Å². The van der Waals surface area contributed by atoms with Gasteiger partial charge in [-0.25, -0.2) is 4.79 Å². The van der Waals surface area contributed by atoms with E-state index in [1.54, 1.807) is 31.4 Å². The van der Waals surface area contributed by atoms with E-state index < -0.39 is 12.1 Å². The third-order valence-corrected chi connectivity index (χ3v) is 4.00. The van der Waals surface area contributed by atoms with Crippen molar-refractivity contribution >= 4 is 11.8 Å². The highest BCUT2D eigenvalue weighted by atomic mass is 16.5. The van der Waals surface area contributed by atoms with Gasteiger partial charge >= 0.3 is 6.09 Å². The smallest absolute Gasteiger partial charge is 0.405 e. The standard InChI is InChI=1S/C20H26N2O4/c1-12-8-14(25-5)10-15(9-12)26-13-6-7-17(21)16(11-13)18(20(2,3)4)22-19(23)24/h6-11,18,22H,21H2,1-5H3,(H,23,24). The molecule has 0 aromatic heterocycles. The van der Waals surface area contributed by atoms with Gasteiger partial charge in [-0.3, -0.25) is 0 Å². The van der Waals surface area contributed by atoms with Crippen LogP contribution in [0.3, 0.4) is 0 Å². The van der Waals surface area contributed by atoms with Crippen molar-refractivity contribution in [1.29, 1.82) is 0 Å². The van der Waals surface area contributed by atoms with E-state index >= 15 is 0 Å². The number of carbonyl (C=O) groups is 1. The van der Waals surface area contributed by atoms with Crippen LogP contribution in [0.4, 0.5) is 10.5 Å². The zero-order valence-corrected chi connectivity index (χ0v) is 15.8. The molecule has 2 rings (SSSR count). The monoisotopic (exact) mass is 358 g/mol. The number of nitrogen functional groups attached to an aromatic ring is 1. The molecule has 26 heavy (non-hydrogen) atoms. The highest BCUT2D eigenvalue weighted by molar-refractivity contribution is 5.66. The molecule has 1 amide bonds. The van der Waals surface area contributed by atoms with Gasteiger partial charge in [-0.1, -0.05) is 20.8 Å². The number of amides is 1. The molecule has 1 unspecified atom stereocenters. The van der Waals surface area contributed by atoms with Crippen molar-refractivity contribution in [3.63, 3.8) is 0 Å². The number of aryl methyl sites for hydroxylation is 1. The van der Waals surface area contributed by atoms with E-state index in [0.29, 0.717) is 28.5 Å². The molecular formula is C20H26N2O4. The first-order valence-electron chi connectivity index (χ1n) is 8.32. The van der Waals surface area contributed by atoms with Crippen LogP contribution in [-0.2, 0) is 0 Å². The Hall–Kier alpha value is -2.89. The Bertz CT molecular complexity index is 797. The first kappa shape index (κ1) is 19.4. The molecule has 0 aliphatic heterocycles. The lowest BCUT2D eigenvalue weighted by atomic mass is 9.81. The van der Waals surface area contributed by atoms with E-state index in [1.165, 1.54) is 0 Å². The molecule has 6 heteroatoms. The lowest BCUT2D eigenvalue weighted by Gasteiger charge is -2.32. The van der Waals surface area contributed by atoms with Crippen LogP contribution in [0.15, 0.2) is 36.4 Å². The first-order chi connectivity index (χ1) is 12.1. The maximum atomic E-state index is 11.2. The third kappa shape index (κ3) is 4.81. The lowest BCUT2D eigenvalue weighted by Crippen LogP contribution is -2.36. The Labute approximate surface area is 153 Å². The van der Waals surface area contributed by atoms with Crippen molar-refractivity contribution in [1.82, 2.24) is 5.32 Å². The number of hydrogen-bond donors (Lipinski definition) is 3. The van der Waals surface area contributed by atoms with E-state index in [1.807, 2.05) is 39.8 Å². The predicted octanol–water partition coefficient (Wildman–Crippen LogP) is 4.73. The molecular weight excluding hydrogens is 332 g/mol. The molecule has 4 N–H and O–H groups in total. The number of rotatable bonds is 5. The number of methoxy groups -OCH3 is 1. The molecule has 140 valence electrons. The van der Waals surface area contributed by atoms with Crippen LogP contribution in [0.5, 0.6) is 17.2 Å². The maximum Gasteiger partial charge on any atom is 0.405 e. The quantitative estimate of drug-likeness (QED) is 0.672. The van der Waals surface area contributed by atoms with Crippen LogP contribution < -0.4 is 20.5 Å². The topological polar surface area (TPSA) is 93.8 Å². The Kier molecular flexibility index (Phi) is 5.65. The molecule has 0 saturated heterocycles. The van der Waals surface area contributed by atoms with Crippen LogP contribution in [0.25, 0.3) is 0 Å². The molecule has 0 aliphatic carbocycles. The van der Waals surface area contributed by atoms with Crippen molar-refractivity contribution in [2.24, 2.45) is 5.41 Å². The molecule has 0 radical (unpaired) electrons. The first-order valence-corrected chi connectivity index (χ1v) is 8.32. The molecule has 0 bridgehead atoms. The second kappa shape index (κ2) is 7.56. The summed E-state index contributed by atoms with van der Waals surface area (Å²) in [6, 6.07) is 10.4. The highest BCUT2D eigenvalue weighted by Crippen LogP contribution is 2.38. The molecule has 0 fully saturated rings.